The zero-order valence-electron chi connectivity index (χ0n) is 19.0. The van der Waals surface area contributed by atoms with Crippen molar-refractivity contribution in [3.8, 4) is 5.75 Å². The van der Waals surface area contributed by atoms with E-state index in [9.17, 15) is 9.59 Å². The van der Waals surface area contributed by atoms with Crippen LogP contribution in [0.5, 0.6) is 5.75 Å². The molecule has 0 bridgehead atoms. The van der Waals surface area contributed by atoms with E-state index in [1.54, 1.807) is 26.4 Å². The predicted molar refractivity (Wildman–Crippen MR) is 126 cm³/mol. The Kier molecular flexibility index (Phi) is 6.04. The summed E-state index contributed by atoms with van der Waals surface area (Å²) in [5.41, 5.74) is 5.36. The van der Waals surface area contributed by atoms with Gasteiger partial charge in [0.05, 0.1) is 13.4 Å². The monoisotopic (exact) mass is 432 g/mol. The first-order valence-corrected chi connectivity index (χ1v) is 10.8. The van der Waals surface area contributed by atoms with Crippen LogP contribution in [-0.4, -0.2) is 49.9 Å². The first-order valence-electron chi connectivity index (χ1n) is 10.8. The van der Waals surface area contributed by atoms with Crippen molar-refractivity contribution in [2.24, 2.45) is 0 Å². The summed E-state index contributed by atoms with van der Waals surface area (Å²) in [5.74, 6) is 0.750. The van der Waals surface area contributed by atoms with Crippen molar-refractivity contribution in [1.82, 2.24) is 4.90 Å². The molecule has 0 aliphatic carbocycles. The number of allylic oxidation sites excluding steroid dienone is 1. The molecule has 32 heavy (non-hydrogen) atoms. The second kappa shape index (κ2) is 8.91. The van der Waals surface area contributed by atoms with Crippen molar-refractivity contribution >= 4 is 33.9 Å². The summed E-state index contributed by atoms with van der Waals surface area (Å²) in [7, 11) is 1.62. The van der Waals surface area contributed by atoms with Crippen molar-refractivity contribution in [1.29, 1.82) is 0 Å². The molecule has 0 saturated carbocycles. The average molecular weight is 433 g/mol. The van der Waals surface area contributed by atoms with E-state index in [4.69, 9.17) is 9.15 Å². The molecule has 0 atom stereocenters. The summed E-state index contributed by atoms with van der Waals surface area (Å²) in [6.07, 6.45) is 3.42. The highest BCUT2D eigenvalue weighted by molar-refractivity contribution is 5.97. The molecular weight excluding hydrogens is 404 g/mol. The SMILES string of the molecule is COc1cc2occ(C)c2cc1/C(C)=C/C(=O)N1CCN(c2ccc(C(C)=O)cc2)CC1. The number of piperazine rings is 1. The Balaban J connectivity index is 1.46. The van der Waals surface area contributed by atoms with E-state index in [-0.39, 0.29) is 11.7 Å². The molecule has 1 aliphatic rings. The summed E-state index contributed by atoms with van der Waals surface area (Å²) in [6, 6.07) is 11.5. The predicted octanol–water partition coefficient (Wildman–Crippen LogP) is 4.70. The first kappa shape index (κ1) is 21.7. The van der Waals surface area contributed by atoms with Crippen molar-refractivity contribution in [3.63, 3.8) is 0 Å². The number of aryl methyl sites for hydroxylation is 1. The second-order valence-corrected chi connectivity index (χ2v) is 8.21. The molecule has 0 spiro atoms. The van der Waals surface area contributed by atoms with Crippen LogP contribution in [0.4, 0.5) is 5.69 Å². The van der Waals surface area contributed by atoms with E-state index >= 15 is 0 Å². The molecule has 1 fully saturated rings. The van der Waals surface area contributed by atoms with E-state index in [1.165, 1.54) is 0 Å². The number of anilines is 1. The fraction of sp³-hybridized carbons (Fsp3) is 0.308. The summed E-state index contributed by atoms with van der Waals surface area (Å²) in [6.45, 7) is 8.30. The number of furan rings is 1. The second-order valence-electron chi connectivity index (χ2n) is 8.21. The van der Waals surface area contributed by atoms with Crippen molar-refractivity contribution < 1.29 is 18.7 Å². The molecule has 2 aromatic carbocycles. The number of rotatable bonds is 5. The maximum atomic E-state index is 13.0. The van der Waals surface area contributed by atoms with Gasteiger partial charge in [0.2, 0.25) is 5.91 Å². The van der Waals surface area contributed by atoms with E-state index in [0.29, 0.717) is 24.4 Å². The molecule has 6 heteroatoms. The molecule has 2 heterocycles. The quantitative estimate of drug-likeness (QED) is 0.432. The maximum absolute atomic E-state index is 13.0. The van der Waals surface area contributed by atoms with Gasteiger partial charge < -0.3 is 19.0 Å². The van der Waals surface area contributed by atoms with Crippen LogP contribution in [0.3, 0.4) is 0 Å². The highest BCUT2D eigenvalue weighted by Crippen LogP contribution is 2.33. The zero-order valence-corrected chi connectivity index (χ0v) is 19.0. The van der Waals surface area contributed by atoms with Crippen LogP contribution in [0.2, 0.25) is 0 Å². The van der Waals surface area contributed by atoms with E-state index in [1.807, 2.05) is 55.1 Å². The number of nitrogens with zero attached hydrogens (tertiary/aromatic N) is 2. The number of benzene rings is 2. The van der Waals surface area contributed by atoms with Gasteiger partial charge in [-0.2, -0.15) is 0 Å². The molecule has 1 aromatic heterocycles. The fourth-order valence-corrected chi connectivity index (χ4v) is 4.11. The van der Waals surface area contributed by atoms with Gasteiger partial charge in [-0.3, -0.25) is 9.59 Å². The number of carbonyl (C=O) groups is 2. The Bertz CT molecular complexity index is 1180. The smallest absolute Gasteiger partial charge is 0.246 e. The number of ketones is 1. The summed E-state index contributed by atoms with van der Waals surface area (Å²) >= 11 is 0. The number of amides is 1. The number of ether oxygens (including phenoxy) is 1. The minimum atomic E-state index is 0.000133. The summed E-state index contributed by atoms with van der Waals surface area (Å²) < 4.78 is 11.1. The molecule has 0 unspecified atom stereocenters. The normalized spacial score (nSPS) is 14.7. The van der Waals surface area contributed by atoms with Crippen LogP contribution in [-0.2, 0) is 4.79 Å². The molecule has 4 rings (SSSR count). The number of hydrogen-bond acceptors (Lipinski definition) is 5. The minimum Gasteiger partial charge on any atom is -0.496 e. The lowest BCUT2D eigenvalue weighted by Crippen LogP contribution is -2.48. The van der Waals surface area contributed by atoms with Crippen LogP contribution >= 0.6 is 0 Å². The molecule has 3 aromatic rings. The number of methoxy groups -OCH3 is 1. The van der Waals surface area contributed by atoms with E-state index in [0.717, 1.165) is 46.4 Å². The summed E-state index contributed by atoms with van der Waals surface area (Å²) in [4.78, 5) is 28.5. The molecule has 1 aliphatic heterocycles. The topological polar surface area (TPSA) is 63.0 Å². The average Bonchev–Trinajstić information content (AvgIpc) is 3.18. The van der Waals surface area contributed by atoms with Crippen LogP contribution in [0, 0.1) is 6.92 Å². The maximum Gasteiger partial charge on any atom is 0.246 e. The third kappa shape index (κ3) is 4.26. The van der Waals surface area contributed by atoms with Crippen LogP contribution < -0.4 is 9.64 Å². The molecule has 0 radical (unpaired) electrons. The van der Waals surface area contributed by atoms with Gasteiger partial charge in [0.15, 0.2) is 5.78 Å². The lowest BCUT2D eigenvalue weighted by molar-refractivity contribution is -0.126. The standard InChI is InChI=1S/C26H28N2O4/c1-17(22-14-23-18(2)16-32-25(23)15-24(22)31-4)13-26(30)28-11-9-27(10-12-28)21-7-5-20(6-8-21)19(3)29/h5-8,13-16H,9-12H2,1-4H3/b17-13+. The zero-order chi connectivity index (χ0) is 22.8. The highest BCUT2D eigenvalue weighted by atomic mass is 16.5. The lowest BCUT2D eigenvalue weighted by Gasteiger charge is -2.35. The highest BCUT2D eigenvalue weighted by Gasteiger charge is 2.21. The number of hydrogen-bond donors (Lipinski definition) is 0. The lowest BCUT2D eigenvalue weighted by atomic mass is 10.0. The Hall–Kier alpha value is -3.54. The van der Waals surface area contributed by atoms with Crippen molar-refractivity contribution in [3.05, 3.63) is 65.4 Å². The third-order valence-corrected chi connectivity index (χ3v) is 6.08. The Labute approximate surface area is 188 Å². The van der Waals surface area contributed by atoms with Gasteiger partial charge in [0.1, 0.15) is 11.3 Å². The van der Waals surface area contributed by atoms with Gasteiger partial charge in [-0.1, -0.05) is 0 Å². The fourth-order valence-electron chi connectivity index (χ4n) is 4.11. The molecule has 166 valence electrons. The van der Waals surface area contributed by atoms with Gasteiger partial charge in [0.25, 0.3) is 0 Å². The van der Waals surface area contributed by atoms with Gasteiger partial charge in [0, 0.05) is 60.5 Å². The number of fused-ring (bicyclic) bond motifs is 1. The van der Waals surface area contributed by atoms with Crippen LogP contribution in [0.15, 0.2) is 53.2 Å². The number of carbonyl (C=O) groups excluding carboxylic acids is 2. The van der Waals surface area contributed by atoms with E-state index < -0.39 is 0 Å². The Morgan fingerprint density at radius 3 is 2.34 bits per heavy atom. The largest absolute Gasteiger partial charge is 0.496 e. The molecule has 0 N–H and O–H groups in total. The van der Waals surface area contributed by atoms with Crippen molar-refractivity contribution in [2.75, 3.05) is 38.2 Å². The van der Waals surface area contributed by atoms with Gasteiger partial charge in [-0.05, 0) is 62.2 Å². The Morgan fingerprint density at radius 1 is 1.03 bits per heavy atom. The molecule has 1 amide bonds. The van der Waals surface area contributed by atoms with Crippen LogP contribution in [0.1, 0.15) is 35.3 Å². The number of Topliss-reactive ketones (excluding diaryl/α,β-unsaturated/α-hetero) is 1. The molecule has 6 nitrogen and oxygen atoms in total. The van der Waals surface area contributed by atoms with E-state index in [2.05, 4.69) is 4.90 Å². The van der Waals surface area contributed by atoms with Crippen LogP contribution in [0.25, 0.3) is 16.5 Å². The molecule has 1 saturated heterocycles. The third-order valence-electron chi connectivity index (χ3n) is 6.08. The Morgan fingerprint density at radius 2 is 1.72 bits per heavy atom. The van der Waals surface area contributed by atoms with Gasteiger partial charge >= 0.3 is 0 Å². The van der Waals surface area contributed by atoms with Gasteiger partial charge in [-0.25, -0.2) is 0 Å². The minimum absolute atomic E-state index is 0.000133. The summed E-state index contributed by atoms with van der Waals surface area (Å²) in [5, 5.41) is 1.02. The molecular formula is C26H28N2O4. The van der Waals surface area contributed by atoms with Gasteiger partial charge in [-0.15, -0.1) is 0 Å². The van der Waals surface area contributed by atoms with Crippen molar-refractivity contribution in [2.45, 2.75) is 20.8 Å². The first-order chi connectivity index (χ1) is 15.4.